The first-order chi connectivity index (χ1) is 8.99. The van der Waals surface area contributed by atoms with E-state index < -0.39 is 0 Å². The fourth-order valence-electron chi connectivity index (χ4n) is 2.62. The van der Waals surface area contributed by atoms with Gasteiger partial charge in [0.05, 0.1) is 5.92 Å². The number of piperidine rings is 1. The first-order valence-electron chi connectivity index (χ1n) is 6.74. The molecule has 1 aliphatic heterocycles. The van der Waals surface area contributed by atoms with Crippen molar-refractivity contribution in [3.8, 4) is 0 Å². The summed E-state index contributed by atoms with van der Waals surface area (Å²) >= 11 is 0. The Labute approximate surface area is 113 Å². The predicted octanol–water partition coefficient (Wildman–Crippen LogP) is 2.61. The van der Waals surface area contributed by atoms with Gasteiger partial charge in [-0.2, -0.15) is 0 Å². The van der Waals surface area contributed by atoms with Gasteiger partial charge in [-0.05, 0) is 33.6 Å². The Kier molecular flexibility index (Phi) is 4.02. The van der Waals surface area contributed by atoms with E-state index in [1.165, 1.54) is 0 Å². The molecule has 1 saturated heterocycles. The van der Waals surface area contributed by atoms with Crippen molar-refractivity contribution in [2.24, 2.45) is 0 Å². The number of amides is 1. The van der Waals surface area contributed by atoms with Crippen LogP contribution in [0.3, 0.4) is 0 Å². The third-order valence-electron chi connectivity index (χ3n) is 3.58. The summed E-state index contributed by atoms with van der Waals surface area (Å²) in [5, 5.41) is 8.18. The van der Waals surface area contributed by atoms with Crippen molar-refractivity contribution in [1.82, 2.24) is 15.1 Å². The van der Waals surface area contributed by atoms with E-state index in [4.69, 9.17) is 4.42 Å². The molecule has 0 N–H and O–H groups in total. The van der Waals surface area contributed by atoms with Crippen LogP contribution in [0, 0.1) is 0 Å². The highest BCUT2D eigenvalue weighted by Gasteiger charge is 2.33. The van der Waals surface area contributed by atoms with Gasteiger partial charge in [-0.1, -0.05) is 5.57 Å². The molecule has 1 aromatic rings. The molecule has 104 valence electrons. The maximum atomic E-state index is 11.6. The first kappa shape index (κ1) is 13.8. The van der Waals surface area contributed by atoms with Crippen molar-refractivity contribution in [3.05, 3.63) is 17.4 Å². The summed E-state index contributed by atoms with van der Waals surface area (Å²) in [7, 11) is 0. The van der Waals surface area contributed by atoms with Gasteiger partial charge in [-0.3, -0.25) is 4.79 Å². The van der Waals surface area contributed by atoms with Crippen LogP contribution in [0.25, 0.3) is 6.08 Å². The summed E-state index contributed by atoms with van der Waals surface area (Å²) in [5.74, 6) is 1.44. The molecule has 0 spiro atoms. The molecule has 0 saturated carbocycles. The number of hydrogen-bond acceptors (Lipinski definition) is 4. The average Bonchev–Trinajstić information content (AvgIpc) is 2.76. The van der Waals surface area contributed by atoms with Gasteiger partial charge in [-0.15, -0.1) is 10.2 Å². The Morgan fingerprint density at radius 3 is 2.74 bits per heavy atom. The molecule has 2 rings (SSSR count). The number of allylic oxidation sites excluding steroid dienone is 1. The second-order valence-electron chi connectivity index (χ2n) is 5.40. The van der Waals surface area contributed by atoms with E-state index in [9.17, 15) is 4.79 Å². The zero-order valence-electron chi connectivity index (χ0n) is 12.0. The SMILES string of the molecule is CC(=O)N1CCC[C@H](c2nnc(C=C(C)C)o2)[C@@H]1C. The van der Waals surface area contributed by atoms with E-state index in [0.29, 0.717) is 11.8 Å². The quantitative estimate of drug-likeness (QED) is 0.823. The van der Waals surface area contributed by atoms with Gasteiger partial charge in [0.2, 0.25) is 17.7 Å². The Morgan fingerprint density at radius 1 is 1.37 bits per heavy atom. The monoisotopic (exact) mass is 263 g/mol. The number of carbonyl (C=O) groups is 1. The van der Waals surface area contributed by atoms with Crippen LogP contribution in [0.4, 0.5) is 0 Å². The van der Waals surface area contributed by atoms with Crippen LogP contribution in [-0.4, -0.2) is 33.6 Å². The van der Waals surface area contributed by atoms with E-state index in [2.05, 4.69) is 17.1 Å². The summed E-state index contributed by atoms with van der Waals surface area (Å²) in [4.78, 5) is 13.5. The third kappa shape index (κ3) is 3.03. The Balaban J connectivity index is 2.19. The van der Waals surface area contributed by atoms with Crippen LogP contribution in [-0.2, 0) is 4.79 Å². The molecular formula is C14H21N3O2. The lowest BCUT2D eigenvalue weighted by atomic mass is 9.90. The number of hydrogen-bond donors (Lipinski definition) is 0. The summed E-state index contributed by atoms with van der Waals surface area (Å²) < 4.78 is 5.70. The van der Waals surface area contributed by atoms with Gasteiger partial charge in [0, 0.05) is 25.6 Å². The Bertz CT molecular complexity index is 489. The third-order valence-corrected chi connectivity index (χ3v) is 3.58. The van der Waals surface area contributed by atoms with Gasteiger partial charge >= 0.3 is 0 Å². The van der Waals surface area contributed by atoms with Crippen LogP contribution < -0.4 is 0 Å². The van der Waals surface area contributed by atoms with Crippen LogP contribution in [0.5, 0.6) is 0 Å². The van der Waals surface area contributed by atoms with Crippen LogP contribution in [0.2, 0.25) is 0 Å². The molecular weight excluding hydrogens is 242 g/mol. The molecule has 1 amide bonds. The lowest BCUT2D eigenvalue weighted by Gasteiger charge is -2.37. The van der Waals surface area contributed by atoms with Crippen LogP contribution >= 0.6 is 0 Å². The van der Waals surface area contributed by atoms with Crippen LogP contribution in [0.15, 0.2) is 9.99 Å². The smallest absolute Gasteiger partial charge is 0.240 e. The fraction of sp³-hybridized carbons (Fsp3) is 0.643. The molecule has 1 fully saturated rings. The normalized spacial score (nSPS) is 23.3. The summed E-state index contributed by atoms with van der Waals surface area (Å²) in [6, 6.07) is 0.117. The van der Waals surface area contributed by atoms with E-state index in [1.54, 1.807) is 6.92 Å². The van der Waals surface area contributed by atoms with Crippen molar-refractivity contribution in [3.63, 3.8) is 0 Å². The highest BCUT2D eigenvalue weighted by atomic mass is 16.4. The highest BCUT2D eigenvalue weighted by Crippen LogP contribution is 2.31. The molecule has 0 bridgehead atoms. The molecule has 0 radical (unpaired) electrons. The molecule has 19 heavy (non-hydrogen) atoms. The molecule has 0 aliphatic carbocycles. The lowest BCUT2D eigenvalue weighted by Crippen LogP contribution is -2.44. The fourth-order valence-corrected chi connectivity index (χ4v) is 2.62. The number of likely N-dealkylation sites (tertiary alicyclic amines) is 1. The maximum Gasteiger partial charge on any atom is 0.240 e. The van der Waals surface area contributed by atoms with Gasteiger partial charge in [0.15, 0.2) is 0 Å². The van der Waals surface area contributed by atoms with E-state index in [1.807, 2.05) is 24.8 Å². The molecule has 2 atom stereocenters. The summed E-state index contributed by atoms with van der Waals surface area (Å²) in [6.07, 6.45) is 3.84. The van der Waals surface area contributed by atoms with Gasteiger partial charge in [-0.25, -0.2) is 0 Å². The average molecular weight is 263 g/mol. The van der Waals surface area contributed by atoms with Gasteiger partial charge < -0.3 is 9.32 Å². The van der Waals surface area contributed by atoms with Gasteiger partial charge in [0.1, 0.15) is 0 Å². The minimum atomic E-state index is 0.112. The highest BCUT2D eigenvalue weighted by molar-refractivity contribution is 5.73. The minimum absolute atomic E-state index is 0.112. The van der Waals surface area contributed by atoms with Crippen molar-refractivity contribution < 1.29 is 9.21 Å². The van der Waals surface area contributed by atoms with Crippen molar-refractivity contribution in [2.45, 2.75) is 52.5 Å². The molecule has 1 aliphatic rings. The van der Waals surface area contributed by atoms with E-state index in [-0.39, 0.29) is 17.9 Å². The predicted molar refractivity (Wildman–Crippen MR) is 72.4 cm³/mol. The molecule has 1 aromatic heterocycles. The standard InChI is InChI=1S/C14H21N3O2/c1-9(2)8-13-15-16-14(19-13)12-6-5-7-17(10(12)3)11(4)18/h8,10,12H,5-7H2,1-4H3/t10-,12-/m0/s1. The zero-order valence-corrected chi connectivity index (χ0v) is 12.0. The summed E-state index contributed by atoms with van der Waals surface area (Å²) in [5.41, 5.74) is 1.12. The Hall–Kier alpha value is -1.65. The first-order valence-corrected chi connectivity index (χ1v) is 6.74. The second kappa shape index (κ2) is 5.55. The van der Waals surface area contributed by atoms with Crippen molar-refractivity contribution in [2.75, 3.05) is 6.54 Å². The van der Waals surface area contributed by atoms with E-state index in [0.717, 1.165) is 25.0 Å². The number of carbonyl (C=O) groups excluding carboxylic acids is 1. The maximum absolute atomic E-state index is 11.6. The number of rotatable bonds is 2. The van der Waals surface area contributed by atoms with Gasteiger partial charge in [0.25, 0.3) is 0 Å². The summed E-state index contributed by atoms with van der Waals surface area (Å²) in [6.45, 7) is 8.47. The number of aromatic nitrogens is 2. The molecule has 0 unspecified atom stereocenters. The second-order valence-corrected chi connectivity index (χ2v) is 5.40. The van der Waals surface area contributed by atoms with Crippen LogP contribution in [0.1, 0.15) is 58.2 Å². The minimum Gasteiger partial charge on any atom is -0.421 e. The van der Waals surface area contributed by atoms with E-state index >= 15 is 0 Å². The van der Waals surface area contributed by atoms with Crippen molar-refractivity contribution in [1.29, 1.82) is 0 Å². The lowest BCUT2D eigenvalue weighted by molar-refractivity contribution is -0.132. The molecule has 0 aromatic carbocycles. The Morgan fingerprint density at radius 2 is 2.11 bits per heavy atom. The largest absolute Gasteiger partial charge is 0.421 e. The number of nitrogens with zero attached hydrogens (tertiary/aromatic N) is 3. The zero-order chi connectivity index (χ0) is 14.0. The molecule has 5 heteroatoms. The molecule has 2 heterocycles. The molecule has 5 nitrogen and oxygen atoms in total. The topological polar surface area (TPSA) is 59.2 Å². The van der Waals surface area contributed by atoms with Crippen molar-refractivity contribution >= 4 is 12.0 Å².